The Morgan fingerprint density at radius 2 is 1.64 bits per heavy atom. The Labute approximate surface area is 156 Å². The maximum Gasteiger partial charge on any atom is 0.573 e. The van der Waals surface area contributed by atoms with Crippen LogP contribution in [0.4, 0.5) is 29.1 Å². The summed E-state index contributed by atoms with van der Waals surface area (Å²) in [6, 6.07) is 13.0. The van der Waals surface area contributed by atoms with Crippen molar-refractivity contribution in [2.75, 3.05) is 5.32 Å². The predicted molar refractivity (Wildman–Crippen MR) is 94.8 cm³/mol. The lowest BCUT2D eigenvalue weighted by molar-refractivity contribution is -0.274. The molecule has 2 aromatic heterocycles. The van der Waals surface area contributed by atoms with Crippen LogP contribution in [0.3, 0.4) is 0 Å². The Balaban J connectivity index is 1.62. The molecule has 2 aromatic carbocycles. The van der Waals surface area contributed by atoms with Crippen LogP contribution in [-0.2, 0) is 0 Å². The lowest BCUT2D eigenvalue weighted by Gasteiger charge is -2.11. The first-order valence-electron chi connectivity index (χ1n) is 8.10. The number of rotatable bonds is 4. The highest BCUT2D eigenvalue weighted by Gasteiger charge is 2.30. The molecule has 0 unspecified atom stereocenters. The van der Waals surface area contributed by atoms with E-state index in [1.807, 2.05) is 0 Å². The molecule has 4 rings (SSSR count). The first kappa shape index (κ1) is 17.8. The van der Waals surface area contributed by atoms with Gasteiger partial charge in [-0.25, -0.2) is 9.37 Å². The van der Waals surface area contributed by atoms with Gasteiger partial charge in [-0.2, -0.15) is 9.61 Å². The highest BCUT2D eigenvalue weighted by Crippen LogP contribution is 2.28. The molecule has 0 amide bonds. The molecule has 9 heteroatoms. The van der Waals surface area contributed by atoms with E-state index in [-0.39, 0.29) is 11.6 Å². The molecule has 0 spiro atoms. The fourth-order valence-electron chi connectivity index (χ4n) is 2.71. The molecule has 0 radical (unpaired) electrons. The van der Waals surface area contributed by atoms with Crippen molar-refractivity contribution in [3.8, 4) is 16.9 Å². The number of fused-ring (bicyclic) bond motifs is 1. The summed E-state index contributed by atoms with van der Waals surface area (Å²) < 4.78 is 55.3. The zero-order chi connectivity index (χ0) is 19.7. The molecule has 1 N–H and O–H groups in total. The minimum absolute atomic E-state index is 0.310. The van der Waals surface area contributed by atoms with E-state index in [2.05, 4.69) is 20.1 Å². The number of anilines is 2. The van der Waals surface area contributed by atoms with E-state index >= 15 is 0 Å². The Kier molecular flexibility index (Phi) is 4.34. The maximum atomic E-state index is 13.2. The largest absolute Gasteiger partial charge is 0.573 e. The molecule has 0 aliphatic heterocycles. The Bertz CT molecular complexity index is 1110. The summed E-state index contributed by atoms with van der Waals surface area (Å²) in [7, 11) is 0. The van der Waals surface area contributed by atoms with Gasteiger partial charge in [-0.3, -0.25) is 0 Å². The number of hydrogen-bond donors (Lipinski definition) is 1. The van der Waals surface area contributed by atoms with Gasteiger partial charge in [0, 0.05) is 17.4 Å². The molecular formula is C19H12F4N4O. The van der Waals surface area contributed by atoms with Gasteiger partial charge in [-0.1, -0.05) is 12.1 Å². The summed E-state index contributed by atoms with van der Waals surface area (Å²) in [5.41, 5.74) is 2.57. The summed E-state index contributed by atoms with van der Waals surface area (Å²) in [6.07, 6.45) is -1.55. The number of halogens is 4. The summed E-state index contributed by atoms with van der Waals surface area (Å²) in [5, 5.41) is 7.38. The van der Waals surface area contributed by atoms with Crippen LogP contribution in [0, 0.1) is 5.82 Å². The number of ether oxygens (including phenoxy) is 1. The molecule has 142 valence electrons. The van der Waals surface area contributed by atoms with Crippen molar-refractivity contribution in [2.45, 2.75) is 6.36 Å². The fourth-order valence-corrected chi connectivity index (χ4v) is 2.71. The van der Waals surface area contributed by atoms with Crippen molar-refractivity contribution in [2.24, 2.45) is 0 Å². The molecule has 0 bridgehead atoms. The molecule has 0 atom stereocenters. The van der Waals surface area contributed by atoms with E-state index in [0.29, 0.717) is 17.2 Å². The van der Waals surface area contributed by atoms with Crippen LogP contribution in [0.15, 0.2) is 67.0 Å². The predicted octanol–water partition coefficient (Wildman–Crippen LogP) is 5.18. The van der Waals surface area contributed by atoms with E-state index in [1.54, 1.807) is 35.1 Å². The van der Waals surface area contributed by atoms with E-state index in [4.69, 9.17) is 0 Å². The molecule has 0 saturated carbocycles. The second kappa shape index (κ2) is 6.84. The summed E-state index contributed by atoms with van der Waals surface area (Å²) in [6.45, 7) is 0. The van der Waals surface area contributed by atoms with Crippen LogP contribution in [0.25, 0.3) is 16.8 Å². The number of alkyl halides is 3. The van der Waals surface area contributed by atoms with Crippen LogP contribution >= 0.6 is 0 Å². The zero-order valence-corrected chi connectivity index (χ0v) is 14.1. The molecule has 2 heterocycles. The highest BCUT2D eigenvalue weighted by molar-refractivity contribution is 5.78. The van der Waals surface area contributed by atoms with Crippen molar-refractivity contribution >= 4 is 17.2 Å². The van der Waals surface area contributed by atoms with Crippen LogP contribution < -0.4 is 10.1 Å². The van der Waals surface area contributed by atoms with E-state index in [1.165, 1.54) is 36.4 Å². The fraction of sp³-hybridized carbons (Fsp3) is 0.0526. The van der Waals surface area contributed by atoms with Gasteiger partial charge in [0.1, 0.15) is 17.4 Å². The standard InChI is InChI=1S/C19H12F4N4O/c20-13-3-1-12(2-4-13)16-11-25-27-17(9-10-24-18(16)27)26-14-5-7-15(8-6-14)28-19(21,22)23/h1-11,26H. The molecule has 0 saturated heterocycles. The third kappa shape index (κ3) is 3.73. The second-order valence-electron chi connectivity index (χ2n) is 5.83. The van der Waals surface area contributed by atoms with Gasteiger partial charge in [0.25, 0.3) is 0 Å². The number of benzene rings is 2. The molecule has 28 heavy (non-hydrogen) atoms. The van der Waals surface area contributed by atoms with Gasteiger partial charge < -0.3 is 10.1 Å². The average Bonchev–Trinajstić information content (AvgIpc) is 3.08. The number of aromatic nitrogens is 3. The molecule has 5 nitrogen and oxygen atoms in total. The Morgan fingerprint density at radius 3 is 2.32 bits per heavy atom. The first-order valence-corrected chi connectivity index (χ1v) is 8.10. The highest BCUT2D eigenvalue weighted by atomic mass is 19.4. The van der Waals surface area contributed by atoms with Crippen molar-refractivity contribution in [1.82, 2.24) is 14.6 Å². The SMILES string of the molecule is Fc1ccc(-c2cnn3c(Nc4ccc(OC(F)(F)F)cc4)ccnc23)cc1. The first-order chi connectivity index (χ1) is 13.4. The minimum atomic E-state index is -4.74. The number of hydrogen-bond acceptors (Lipinski definition) is 4. The molecule has 0 aliphatic rings. The van der Waals surface area contributed by atoms with Crippen molar-refractivity contribution in [3.05, 3.63) is 72.8 Å². The van der Waals surface area contributed by atoms with Crippen LogP contribution in [-0.4, -0.2) is 21.0 Å². The summed E-state index contributed by atoms with van der Waals surface area (Å²) >= 11 is 0. The van der Waals surface area contributed by atoms with Gasteiger partial charge in [-0.15, -0.1) is 13.2 Å². The topological polar surface area (TPSA) is 51.5 Å². The summed E-state index contributed by atoms with van der Waals surface area (Å²) in [5.74, 6) is -0.0908. The lowest BCUT2D eigenvalue weighted by atomic mass is 10.1. The van der Waals surface area contributed by atoms with Crippen molar-refractivity contribution in [3.63, 3.8) is 0 Å². The van der Waals surface area contributed by atoms with Gasteiger partial charge >= 0.3 is 6.36 Å². The van der Waals surface area contributed by atoms with Crippen LogP contribution in [0.1, 0.15) is 0 Å². The third-order valence-corrected chi connectivity index (χ3v) is 3.92. The molecule has 4 aromatic rings. The minimum Gasteiger partial charge on any atom is -0.406 e. The second-order valence-corrected chi connectivity index (χ2v) is 5.83. The molecular weight excluding hydrogens is 376 g/mol. The van der Waals surface area contributed by atoms with Gasteiger partial charge in [0.05, 0.1) is 6.20 Å². The quantitative estimate of drug-likeness (QED) is 0.490. The molecule has 0 fully saturated rings. The zero-order valence-electron chi connectivity index (χ0n) is 14.1. The van der Waals surface area contributed by atoms with E-state index < -0.39 is 6.36 Å². The van der Waals surface area contributed by atoms with Crippen molar-refractivity contribution < 1.29 is 22.3 Å². The Hall–Kier alpha value is -3.62. The van der Waals surface area contributed by atoms with Crippen LogP contribution in [0.2, 0.25) is 0 Å². The summed E-state index contributed by atoms with van der Waals surface area (Å²) in [4.78, 5) is 4.32. The monoisotopic (exact) mass is 388 g/mol. The van der Waals surface area contributed by atoms with Crippen molar-refractivity contribution in [1.29, 1.82) is 0 Å². The smallest absolute Gasteiger partial charge is 0.406 e. The number of nitrogens with one attached hydrogen (secondary N) is 1. The van der Waals surface area contributed by atoms with Crippen LogP contribution in [0.5, 0.6) is 5.75 Å². The third-order valence-electron chi connectivity index (χ3n) is 3.92. The Morgan fingerprint density at radius 1 is 0.929 bits per heavy atom. The van der Waals surface area contributed by atoms with Gasteiger partial charge in [-0.05, 0) is 48.0 Å². The van der Waals surface area contributed by atoms with Gasteiger partial charge in [0.15, 0.2) is 5.65 Å². The molecule has 0 aliphatic carbocycles. The normalized spacial score (nSPS) is 11.6. The average molecular weight is 388 g/mol. The van der Waals surface area contributed by atoms with E-state index in [0.717, 1.165) is 11.1 Å². The van der Waals surface area contributed by atoms with Gasteiger partial charge in [0.2, 0.25) is 0 Å². The number of nitrogens with zero attached hydrogens (tertiary/aromatic N) is 3. The maximum absolute atomic E-state index is 13.2. The van der Waals surface area contributed by atoms with E-state index in [9.17, 15) is 17.6 Å². The lowest BCUT2D eigenvalue weighted by Crippen LogP contribution is -2.17.